The first-order chi connectivity index (χ1) is 13.8. The average molecular weight is 378 g/mol. The van der Waals surface area contributed by atoms with Crippen molar-refractivity contribution in [1.29, 1.82) is 0 Å². The van der Waals surface area contributed by atoms with E-state index in [1.54, 1.807) is 30.6 Å². The van der Waals surface area contributed by atoms with Crippen molar-refractivity contribution < 1.29 is 19.1 Å². The summed E-state index contributed by atoms with van der Waals surface area (Å²) in [4.78, 5) is 21.7. The molecule has 0 radical (unpaired) electrons. The Morgan fingerprint density at radius 2 is 1.75 bits per heavy atom. The lowest BCUT2D eigenvalue weighted by molar-refractivity contribution is 0.0233. The van der Waals surface area contributed by atoms with Crippen LogP contribution in [0.25, 0.3) is 0 Å². The third kappa shape index (κ3) is 5.56. The van der Waals surface area contributed by atoms with Gasteiger partial charge in [0, 0.05) is 23.5 Å². The molecule has 2 aromatic carbocycles. The zero-order chi connectivity index (χ0) is 19.6. The van der Waals surface area contributed by atoms with Crippen LogP contribution >= 0.6 is 0 Å². The summed E-state index contributed by atoms with van der Waals surface area (Å²) in [6.45, 7) is 2.98. The molecule has 0 spiro atoms. The van der Waals surface area contributed by atoms with Gasteiger partial charge in [-0.05, 0) is 36.8 Å². The monoisotopic (exact) mass is 378 g/mol. The SMILES string of the molecule is CCOc1cc(C(=O)NOCc2ccccc2)ccc1OCc1cccnc1. The number of hydrogen-bond donors (Lipinski definition) is 1. The van der Waals surface area contributed by atoms with E-state index in [0.717, 1.165) is 11.1 Å². The van der Waals surface area contributed by atoms with Crippen molar-refractivity contribution in [3.63, 3.8) is 0 Å². The number of amides is 1. The van der Waals surface area contributed by atoms with Crippen LogP contribution in [0.4, 0.5) is 0 Å². The van der Waals surface area contributed by atoms with Gasteiger partial charge in [-0.3, -0.25) is 14.6 Å². The maximum atomic E-state index is 12.3. The Morgan fingerprint density at radius 1 is 0.929 bits per heavy atom. The zero-order valence-corrected chi connectivity index (χ0v) is 15.6. The van der Waals surface area contributed by atoms with Crippen LogP contribution in [0, 0.1) is 0 Å². The minimum Gasteiger partial charge on any atom is -0.490 e. The van der Waals surface area contributed by atoms with Gasteiger partial charge in [-0.25, -0.2) is 5.48 Å². The molecular weight excluding hydrogens is 356 g/mol. The molecule has 3 rings (SSSR count). The summed E-state index contributed by atoms with van der Waals surface area (Å²) >= 11 is 0. The van der Waals surface area contributed by atoms with Crippen LogP contribution < -0.4 is 15.0 Å². The van der Waals surface area contributed by atoms with Gasteiger partial charge in [0.25, 0.3) is 5.91 Å². The second kappa shape index (κ2) is 10.1. The first-order valence-electron chi connectivity index (χ1n) is 9.01. The summed E-state index contributed by atoms with van der Waals surface area (Å²) in [5.41, 5.74) is 4.79. The number of pyridine rings is 1. The molecule has 1 amide bonds. The van der Waals surface area contributed by atoms with Gasteiger partial charge in [0.15, 0.2) is 11.5 Å². The van der Waals surface area contributed by atoms with Gasteiger partial charge in [0.1, 0.15) is 6.61 Å². The predicted octanol–water partition coefficient (Wildman–Crippen LogP) is 3.92. The topological polar surface area (TPSA) is 69.7 Å². The standard InChI is InChI=1S/C22H22N2O4/c1-2-26-21-13-19(22(25)24-28-16-17-7-4-3-5-8-17)10-11-20(21)27-15-18-9-6-12-23-14-18/h3-14H,2,15-16H2,1H3,(H,24,25). The van der Waals surface area contributed by atoms with E-state index in [1.165, 1.54) is 0 Å². The van der Waals surface area contributed by atoms with Gasteiger partial charge in [-0.2, -0.15) is 0 Å². The van der Waals surface area contributed by atoms with E-state index in [4.69, 9.17) is 14.3 Å². The number of carbonyl (C=O) groups excluding carboxylic acids is 1. The quantitative estimate of drug-likeness (QED) is 0.572. The number of rotatable bonds is 9. The Morgan fingerprint density at radius 3 is 2.50 bits per heavy atom. The van der Waals surface area contributed by atoms with E-state index >= 15 is 0 Å². The van der Waals surface area contributed by atoms with E-state index in [0.29, 0.717) is 30.3 Å². The Bertz CT molecular complexity index is 886. The van der Waals surface area contributed by atoms with Crippen LogP contribution in [0.3, 0.4) is 0 Å². The number of hydroxylamine groups is 1. The van der Waals surface area contributed by atoms with Crippen LogP contribution in [-0.2, 0) is 18.1 Å². The van der Waals surface area contributed by atoms with Crippen LogP contribution in [0.15, 0.2) is 73.1 Å². The van der Waals surface area contributed by atoms with Gasteiger partial charge in [0.05, 0.1) is 13.2 Å². The molecule has 0 aliphatic carbocycles. The van der Waals surface area contributed by atoms with E-state index in [9.17, 15) is 4.79 Å². The van der Waals surface area contributed by atoms with Gasteiger partial charge in [-0.15, -0.1) is 0 Å². The second-order valence-corrected chi connectivity index (χ2v) is 5.95. The fourth-order valence-corrected chi connectivity index (χ4v) is 2.50. The molecule has 0 aliphatic heterocycles. The predicted molar refractivity (Wildman–Crippen MR) is 105 cm³/mol. The summed E-state index contributed by atoms with van der Waals surface area (Å²) in [6, 6.07) is 18.4. The second-order valence-electron chi connectivity index (χ2n) is 5.95. The normalized spacial score (nSPS) is 10.3. The molecule has 6 nitrogen and oxygen atoms in total. The Balaban J connectivity index is 1.61. The van der Waals surface area contributed by atoms with Gasteiger partial charge in [-0.1, -0.05) is 36.4 Å². The van der Waals surface area contributed by atoms with E-state index < -0.39 is 0 Å². The van der Waals surface area contributed by atoms with Crippen molar-refractivity contribution in [2.45, 2.75) is 20.1 Å². The zero-order valence-electron chi connectivity index (χ0n) is 15.6. The smallest absolute Gasteiger partial charge is 0.274 e. The minimum atomic E-state index is -0.351. The molecule has 0 saturated heterocycles. The minimum absolute atomic E-state index is 0.289. The lowest BCUT2D eigenvalue weighted by Gasteiger charge is -2.13. The molecule has 144 valence electrons. The largest absolute Gasteiger partial charge is 0.490 e. The third-order valence-corrected chi connectivity index (χ3v) is 3.87. The van der Waals surface area contributed by atoms with Gasteiger partial charge >= 0.3 is 0 Å². The first kappa shape index (κ1) is 19.4. The molecule has 28 heavy (non-hydrogen) atoms. The third-order valence-electron chi connectivity index (χ3n) is 3.87. The van der Waals surface area contributed by atoms with Crippen molar-refractivity contribution in [2.24, 2.45) is 0 Å². The molecule has 1 heterocycles. The Kier molecular flexibility index (Phi) is 6.98. The summed E-state index contributed by atoms with van der Waals surface area (Å²) in [7, 11) is 0. The van der Waals surface area contributed by atoms with Crippen LogP contribution in [-0.4, -0.2) is 17.5 Å². The molecule has 0 fully saturated rings. The fraction of sp³-hybridized carbons (Fsp3) is 0.182. The number of hydrogen-bond acceptors (Lipinski definition) is 5. The number of carbonyl (C=O) groups is 1. The van der Waals surface area contributed by atoms with E-state index in [2.05, 4.69) is 10.5 Å². The molecule has 3 aromatic rings. The van der Waals surface area contributed by atoms with Crippen molar-refractivity contribution in [3.05, 3.63) is 89.7 Å². The highest BCUT2D eigenvalue weighted by molar-refractivity contribution is 5.94. The van der Waals surface area contributed by atoms with Crippen LogP contribution in [0.2, 0.25) is 0 Å². The molecule has 0 unspecified atom stereocenters. The lowest BCUT2D eigenvalue weighted by atomic mass is 10.2. The van der Waals surface area contributed by atoms with Crippen molar-refractivity contribution in [2.75, 3.05) is 6.61 Å². The van der Waals surface area contributed by atoms with Crippen molar-refractivity contribution >= 4 is 5.91 Å². The maximum Gasteiger partial charge on any atom is 0.274 e. The van der Waals surface area contributed by atoms with Crippen molar-refractivity contribution in [1.82, 2.24) is 10.5 Å². The highest BCUT2D eigenvalue weighted by atomic mass is 16.6. The number of benzene rings is 2. The molecule has 0 saturated carbocycles. The first-order valence-corrected chi connectivity index (χ1v) is 9.01. The van der Waals surface area contributed by atoms with Crippen molar-refractivity contribution in [3.8, 4) is 11.5 Å². The molecule has 1 aromatic heterocycles. The highest BCUT2D eigenvalue weighted by Crippen LogP contribution is 2.29. The summed E-state index contributed by atoms with van der Waals surface area (Å²) in [5.74, 6) is 0.713. The average Bonchev–Trinajstić information content (AvgIpc) is 2.74. The number of ether oxygens (including phenoxy) is 2. The molecule has 1 N–H and O–H groups in total. The molecule has 0 aliphatic rings. The number of aromatic nitrogens is 1. The lowest BCUT2D eigenvalue weighted by Crippen LogP contribution is -2.23. The Labute approximate surface area is 164 Å². The van der Waals surface area contributed by atoms with E-state index in [1.807, 2.05) is 49.4 Å². The number of nitrogens with one attached hydrogen (secondary N) is 1. The van der Waals surface area contributed by atoms with Crippen LogP contribution in [0.1, 0.15) is 28.4 Å². The molecule has 6 heteroatoms. The summed E-state index contributed by atoms with van der Waals surface area (Å²) in [5, 5.41) is 0. The molecular formula is C22H22N2O4. The summed E-state index contributed by atoms with van der Waals surface area (Å²) < 4.78 is 11.5. The van der Waals surface area contributed by atoms with Crippen LogP contribution in [0.5, 0.6) is 11.5 Å². The molecule has 0 bridgehead atoms. The maximum absolute atomic E-state index is 12.3. The fourth-order valence-electron chi connectivity index (χ4n) is 2.50. The molecule has 0 atom stereocenters. The van der Waals surface area contributed by atoms with E-state index in [-0.39, 0.29) is 12.5 Å². The van der Waals surface area contributed by atoms with Gasteiger partial charge < -0.3 is 9.47 Å². The highest BCUT2D eigenvalue weighted by Gasteiger charge is 2.12. The summed E-state index contributed by atoms with van der Waals surface area (Å²) in [6.07, 6.45) is 3.45. The number of nitrogens with zero attached hydrogens (tertiary/aromatic N) is 1. The van der Waals surface area contributed by atoms with Gasteiger partial charge in [0.2, 0.25) is 0 Å². The Hall–Kier alpha value is -3.38.